The van der Waals surface area contributed by atoms with E-state index in [0.29, 0.717) is 11.2 Å². The Morgan fingerprint density at radius 2 is 2.42 bits per heavy atom. The van der Waals surface area contributed by atoms with E-state index in [2.05, 4.69) is 38.7 Å². The van der Waals surface area contributed by atoms with Gasteiger partial charge in [-0.15, -0.1) is 11.8 Å². The highest BCUT2D eigenvalue weighted by molar-refractivity contribution is 8.02. The maximum absolute atomic E-state index is 3.73. The molecule has 0 spiro atoms. The summed E-state index contributed by atoms with van der Waals surface area (Å²) in [6.45, 7) is 8.20. The smallest absolute Gasteiger partial charge is 0.0308 e. The van der Waals surface area contributed by atoms with E-state index in [4.69, 9.17) is 0 Å². The van der Waals surface area contributed by atoms with Crippen molar-refractivity contribution in [1.29, 1.82) is 0 Å². The second-order valence-electron chi connectivity index (χ2n) is 3.30. The van der Waals surface area contributed by atoms with Gasteiger partial charge in [-0.1, -0.05) is 38.7 Å². The van der Waals surface area contributed by atoms with E-state index in [1.165, 1.54) is 5.57 Å². The first kappa shape index (κ1) is 9.66. The van der Waals surface area contributed by atoms with Gasteiger partial charge in [0, 0.05) is 5.25 Å². The molecular formula is C11H16S. The van der Waals surface area contributed by atoms with Crippen molar-refractivity contribution in [3.8, 4) is 0 Å². The Bertz CT molecular complexity index is 209. The third-order valence-electron chi connectivity index (χ3n) is 1.99. The summed E-state index contributed by atoms with van der Waals surface area (Å²) in [6.07, 6.45) is 8.01. The second kappa shape index (κ2) is 4.56. The molecule has 1 rings (SSSR count). The second-order valence-corrected chi connectivity index (χ2v) is 4.51. The van der Waals surface area contributed by atoms with Crippen molar-refractivity contribution < 1.29 is 0 Å². The largest absolute Gasteiger partial charge is 0.127 e. The molecule has 0 aromatic carbocycles. The SMILES string of the molecule is C=CSC1C=C(C(C)C)C=CC1. The summed E-state index contributed by atoms with van der Waals surface area (Å²) >= 11 is 1.81. The maximum atomic E-state index is 3.73. The summed E-state index contributed by atoms with van der Waals surface area (Å²) in [6, 6.07) is 0. The molecule has 0 amide bonds. The monoisotopic (exact) mass is 180 g/mol. The summed E-state index contributed by atoms with van der Waals surface area (Å²) < 4.78 is 0. The molecule has 0 aliphatic heterocycles. The number of allylic oxidation sites excluding steroid dienone is 3. The average molecular weight is 180 g/mol. The quantitative estimate of drug-likeness (QED) is 0.637. The summed E-state index contributed by atoms with van der Waals surface area (Å²) in [5.41, 5.74) is 1.46. The zero-order valence-corrected chi connectivity index (χ0v) is 8.60. The number of rotatable bonds is 3. The first-order valence-corrected chi connectivity index (χ1v) is 5.33. The molecule has 0 heterocycles. The molecule has 0 saturated heterocycles. The molecule has 0 radical (unpaired) electrons. The minimum absolute atomic E-state index is 0.616. The van der Waals surface area contributed by atoms with E-state index in [9.17, 15) is 0 Å². The van der Waals surface area contributed by atoms with Crippen LogP contribution in [0, 0.1) is 5.92 Å². The molecule has 0 nitrogen and oxygen atoms in total. The van der Waals surface area contributed by atoms with E-state index in [1.807, 2.05) is 17.2 Å². The van der Waals surface area contributed by atoms with Gasteiger partial charge in [0.2, 0.25) is 0 Å². The molecule has 0 N–H and O–H groups in total. The zero-order valence-electron chi connectivity index (χ0n) is 7.79. The van der Waals surface area contributed by atoms with Crippen LogP contribution in [0.4, 0.5) is 0 Å². The number of thioether (sulfide) groups is 1. The normalized spacial score (nSPS) is 22.6. The minimum atomic E-state index is 0.616. The predicted octanol–water partition coefficient (Wildman–Crippen LogP) is 3.77. The van der Waals surface area contributed by atoms with Crippen LogP contribution in [-0.4, -0.2) is 5.25 Å². The van der Waals surface area contributed by atoms with Crippen LogP contribution in [-0.2, 0) is 0 Å². The molecule has 66 valence electrons. The van der Waals surface area contributed by atoms with Crippen LogP contribution >= 0.6 is 11.8 Å². The Hall–Kier alpha value is -0.430. The van der Waals surface area contributed by atoms with Gasteiger partial charge in [0.15, 0.2) is 0 Å². The lowest BCUT2D eigenvalue weighted by Crippen LogP contribution is -2.04. The molecule has 0 bridgehead atoms. The first-order valence-electron chi connectivity index (χ1n) is 4.38. The van der Waals surface area contributed by atoms with Crippen molar-refractivity contribution in [2.45, 2.75) is 25.5 Å². The third-order valence-corrected chi connectivity index (χ3v) is 2.87. The van der Waals surface area contributed by atoms with Gasteiger partial charge in [0.05, 0.1) is 0 Å². The average Bonchev–Trinajstić information content (AvgIpc) is 2.05. The first-order chi connectivity index (χ1) is 5.74. The van der Waals surface area contributed by atoms with E-state index in [1.54, 1.807) is 0 Å². The molecule has 1 atom stereocenters. The summed E-state index contributed by atoms with van der Waals surface area (Å²) in [5.74, 6) is 0.648. The van der Waals surface area contributed by atoms with Crippen LogP contribution in [0.25, 0.3) is 0 Å². The Labute approximate surface area is 79.4 Å². The predicted molar refractivity (Wildman–Crippen MR) is 58.3 cm³/mol. The Kier molecular flexibility index (Phi) is 3.67. The van der Waals surface area contributed by atoms with E-state index < -0.39 is 0 Å². The Morgan fingerprint density at radius 3 is 3.00 bits per heavy atom. The van der Waals surface area contributed by atoms with Crippen molar-refractivity contribution in [2.24, 2.45) is 5.92 Å². The van der Waals surface area contributed by atoms with Crippen molar-refractivity contribution in [1.82, 2.24) is 0 Å². The van der Waals surface area contributed by atoms with Crippen LogP contribution in [0.5, 0.6) is 0 Å². The third kappa shape index (κ3) is 2.56. The van der Waals surface area contributed by atoms with Gasteiger partial charge in [-0.3, -0.25) is 0 Å². The van der Waals surface area contributed by atoms with Gasteiger partial charge in [-0.05, 0) is 23.3 Å². The van der Waals surface area contributed by atoms with Crippen molar-refractivity contribution in [3.63, 3.8) is 0 Å². The Balaban J connectivity index is 2.62. The molecule has 1 aliphatic carbocycles. The van der Waals surface area contributed by atoms with Crippen LogP contribution in [0.15, 0.2) is 35.8 Å². The van der Waals surface area contributed by atoms with Crippen LogP contribution < -0.4 is 0 Å². The van der Waals surface area contributed by atoms with E-state index in [0.717, 1.165) is 6.42 Å². The topological polar surface area (TPSA) is 0 Å². The molecule has 1 aliphatic rings. The summed E-state index contributed by atoms with van der Waals surface area (Å²) in [7, 11) is 0. The van der Waals surface area contributed by atoms with Crippen molar-refractivity contribution >= 4 is 11.8 Å². The van der Waals surface area contributed by atoms with Crippen molar-refractivity contribution in [2.75, 3.05) is 0 Å². The van der Waals surface area contributed by atoms with Gasteiger partial charge >= 0.3 is 0 Å². The maximum Gasteiger partial charge on any atom is 0.0308 e. The fourth-order valence-electron chi connectivity index (χ4n) is 1.28. The molecule has 0 aromatic heterocycles. The highest BCUT2D eigenvalue weighted by Gasteiger charge is 2.09. The molecule has 0 aromatic rings. The van der Waals surface area contributed by atoms with Gasteiger partial charge in [0.1, 0.15) is 0 Å². The van der Waals surface area contributed by atoms with Crippen LogP contribution in [0.2, 0.25) is 0 Å². The standard InChI is InChI=1S/C11H16S/c1-4-12-11-7-5-6-10(8-11)9(2)3/h4-6,8-9,11H,1,7H2,2-3H3. The molecule has 0 fully saturated rings. The van der Waals surface area contributed by atoms with Crippen LogP contribution in [0.3, 0.4) is 0 Å². The van der Waals surface area contributed by atoms with Crippen molar-refractivity contribution in [3.05, 3.63) is 35.8 Å². The highest BCUT2D eigenvalue weighted by Crippen LogP contribution is 2.26. The molecule has 1 unspecified atom stereocenters. The molecular weight excluding hydrogens is 164 g/mol. The van der Waals surface area contributed by atoms with Crippen LogP contribution in [0.1, 0.15) is 20.3 Å². The molecule has 1 heteroatoms. The van der Waals surface area contributed by atoms with E-state index in [-0.39, 0.29) is 0 Å². The minimum Gasteiger partial charge on any atom is -0.127 e. The lowest BCUT2D eigenvalue weighted by atomic mass is 9.97. The van der Waals surface area contributed by atoms with Gasteiger partial charge in [-0.25, -0.2) is 0 Å². The summed E-state index contributed by atoms with van der Waals surface area (Å²) in [4.78, 5) is 0. The molecule has 12 heavy (non-hydrogen) atoms. The lowest BCUT2D eigenvalue weighted by molar-refractivity contribution is 0.776. The Morgan fingerprint density at radius 1 is 1.67 bits per heavy atom. The highest BCUT2D eigenvalue weighted by atomic mass is 32.2. The van der Waals surface area contributed by atoms with Gasteiger partial charge < -0.3 is 0 Å². The number of hydrogen-bond donors (Lipinski definition) is 0. The lowest BCUT2D eigenvalue weighted by Gasteiger charge is -2.16. The van der Waals surface area contributed by atoms with Gasteiger partial charge in [-0.2, -0.15) is 0 Å². The fraction of sp³-hybridized carbons (Fsp3) is 0.455. The zero-order chi connectivity index (χ0) is 8.97. The fourth-order valence-corrected chi connectivity index (χ4v) is 1.98. The number of hydrogen-bond acceptors (Lipinski definition) is 1. The van der Waals surface area contributed by atoms with E-state index >= 15 is 0 Å². The summed E-state index contributed by atoms with van der Waals surface area (Å²) in [5, 5.41) is 2.54. The molecule has 0 saturated carbocycles. The van der Waals surface area contributed by atoms with Gasteiger partial charge in [0.25, 0.3) is 0 Å².